The molecule has 6 heteroatoms. The molecule has 1 aliphatic rings. The SMILES string of the molecule is CC1(C)CNCCC1NC(=O)Cc1ccc(C(F)(F)F)cc1. The first-order chi connectivity index (χ1) is 10.2. The highest BCUT2D eigenvalue weighted by Crippen LogP contribution is 2.29. The van der Waals surface area contributed by atoms with Crippen LogP contribution in [0.2, 0.25) is 0 Å². The summed E-state index contributed by atoms with van der Waals surface area (Å²) in [6.45, 7) is 5.86. The van der Waals surface area contributed by atoms with Gasteiger partial charge in [-0.25, -0.2) is 0 Å². The predicted molar refractivity (Wildman–Crippen MR) is 78.3 cm³/mol. The van der Waals surface area contributed by atoms with Crippen LogP contribution in [0.25, 0.3) is 0 Å². The van der Waals surface area contributed by atoms with Gasteiger partial charge in [0.25, 0.3) is 0 Å². The smallest absolute Gasteiger partial charge is 0.352 e. The van der Waals surface area contributed by atoms with Gasteiger partial charge in [-0.05, 0) is 36.1 Å². The second kappa shape index (κ2) is 6.28. The number of halogens is 3. The maximum atomic E-state index is 12.5. The lowest BCUT2D eigenvalue weighted by Gasteiger charge is -2.39. The van der Waals surface area contributed by atoms with E-state index >= 15 is 0 Å². The lowest BCUT2D eigenvalue weighted by molar-refractivity contribution is -0.137. The maximum absolute atomic E-state index is 12.5. The number of amides is 1. The molecule has 1 heterocycles. The van der Waals surface area contributed by atoms with Crippen molar-refractivity contribution in [3.05, 3.63) is 35.4 Å². The second-order valence-corrected chi connectivity index (χ2v) is 6.45. The molecule has 1 unspecified atom stereocenters. The highest BCUT2D eigenvalue weighted by molar-refractivity contribution is 5.79. The van der Waals surface area contributed by atoms with Gasteiger partial charge in [0, 0.05) is 12.6 Å². The number of hydrogen-bond acceptors (Lipinski definition) is 2. The van der Waals surface area contributed by atoms with Gasteiger partial charge >= 0.3 is 6.18 Å². The van der Waals surface area contributed by atoms with E-state index in [1.54, 1.807) is 0 Å². The van der Waals surface area contributed by atoms with E-state index in [1.807, 2.05) is 0 Å². The van der Waals surface area contributed by atoms with Crippen molar-refractivity contribution in [2.24, 2.45) is 5.41 Å². The fourth-order valence-corrected chi connectivity index (χ4v) is 2.68. The fourth-order valence-electron chi connectivity index (χ4n) is 2.68. The molecule has 0 spiro atoms. The van der Waals surface area contributed by atoms with Gasteiger partial charge in [0.2, 0.25) is 5.91 Å². The monoisotopic (exact) mass is 314 g/mol. The Balaban J connectivity index is 1.94. The van der Waals surface area contributed by atoms with Gasteiger partial charge in [-0.1, -0.05) is 26.0 Å². The van der Waals surface area contributed by atoms with E-state index < -0.39 is 11.7 Å². The first-order valence-corrected chi connectivity index (χ1v) is 7.35. The van der Waals surface area contributed by atoms with Gasteiger partial charge < -0.3 is 10.6 Å². The Morgan fingerprint density at radius 3 is 2.50 bits per heavy atom. The van der Waals surface area contributed by atoms with Gasteiger partial charge in [0.15, 0.2) is 0 Å². The summed E-state index contributed by atoms with van der Waals surface area (Å²) < 4.78 is 37.5. The Labute approximate surface area is 128 Å². The molecule has 0 bridgehead atoms. The number of nitrogens with one attached hydrogen (secondary N) is 2. The summed E-state index contributed by atoms with van der Waals surface area (Å²) >= 11 is 0. The van der Waals surface area contributed by atoms with Crippen LogP contribution in [0.1, 0.15) is 31.4 Å². The van der Waals surface area contributed by atoms with Crippen molar-refractivity contribution in [3.63, 3.8) is 0 Å². The van der Waals surface area contributed by atoms with Crippen LogP contribution in [-0.2, 0) is 17.4 Å². The minimum atomic E-state index is -4.35. The Kier molecular flexibility index (Phi) is 4.80. The molecule has 0 aromatic heterocycles. The van der Waals surface area contributed by atoms with E-state index in [2.05, 4.69) is 24.5 Å². The molecule has 1 amide bonds. The number of piperidine rings is 1. The third-order valence-corrected chi connectivity index (χ3v) is 4.11. The number of rotatable bonds is 3. The standard InChI is InChI=1S/C16H21F3N2O/c1-15(2)10-20-8-7-13(15)21-14(22)9-11-3-5-12(6-4-11)16(17,18)19/h3-6,13,20H,7-10H2,1-2H3,(H,21,22). The minimum absolute atomic E-state index is 0.0337. The van der Waals surface area contributed by atoms with Gasteiger partial charge in [0.05, 0.1) is 12.0 Å². The topological polar surface area (TPSA) is 41.1 Å². The highest BCUT2D eigenvalue weighted by Gasteiger charge is 2.33. The fraction of sp³-hybridized carbons (Fsp3) is 0.562. The molecule has 1 fully saturated rings. The van der Waals surface area contributed by atoms with Crippen LogP contribution in [0.3, 0.4) is 0 Å². The van der Waals surface area contributed by atoms with Gasteiger partial charge in [-0.2, -0.15) is 13.2 Å². The number of alkyl halides is 3. The Hall–Kier alpha value is -1.56. The van der Waals surface area contributed by atoms with Crippen molar-refractivity contribution in [3.8, 4) is 0 Å². The summed E-state index contributed by atoms with van der Waals surface area (Å²) in [5, 5.41) is 6.29. The third-order valence-electron chi connectivity index (χ3n) is 4.11. The molecule has 22 heavy (non-hydrogen) atoms. The summed E-state index contributed by atoms with van der Waals surface area (Å²) in [6.07, 6.45) is -3.40. The zero-order valence-corrected chi connectivity index (χ0v) is 12.8. The normalized spacial score (nSPS) is 21.4. The summed E-state index contributed by atoms with van der Waals surface area (Å²) in [7, 11) is 0. The first kappa shape index (κ1) is 16.8. The third kappa shape index (κ3) is 4.22. The van der Waals surface area contributed by atoms with Crippen molar-refractivity contribution in [2.75, 3.05) is 13.1 Å². The second-order valence-electron chi connectivity index (χ2n) is 6.45. The number of benzene rings is 1. The molecule has 0 radical (unpaired) electrons. The Bertz CT molecular complexity index is 523. The molecule has 2 N–H and O–H groups in total. The maximum Gasteiger partial charge on any atom is 0.416 e. The van der Waals surface area contributed by atoms with Crippen LogP contribution < -0.4 is 10.6 Å². The predicted octanol–water partition coefficient (Wildman–Crippen LogP) is 2.75. The molecule has 122 valence electrons. The van der Waals surface area contributed by atoms with E-state index in [4.69, 9.17) is 0 Å². The number of hydrogen-bond donors (Lipinski definition) is 2. The Morgan fingerprint density at radius 1 is 1.32 bits per heavy atom. The molecule has 1 aliphatic heterocycles. The van der Waals surface area contributed by atoms with E-state index in [0.29, 0.717) is 5.56 Å². The molecule has 1 aromatic rings. The lowest BCUT2D eigenvalue weighted by Crippen LogP contribution is -2.54. The number of carbonyl (C=O) groups excluding carboxylic acids is 1. The van der Waals surface area contributed by atoms with Crippen molar-refractivity contribution in [1.29, 1.82) is 0 Å². The molecule has 3 nitrogen and oxygen atoms in total. The van der Waals surface area contributed by atoms with Crippen LogP contribution >= 0.6 is 0 Å². The largest absolute Gasteiger partial charge is 0.416 e. The highest BCUT2D eigenvalue weighted by atomic mass is 19.4. The van der Waals surface area contributed by atoms with E-state index in [0.717, 1.165) is 31.6 Å². The summed E-state index contributed by atoms with van der Waals surface area (Å²) in [4.78, 5) is 12.1. The van der Waals surface area contributed by atoms with E-state index in [-0.39, 0.29) is 23.8 Å². The molecule has 1 atom stereocenters. The molecule has 0 saturated carbocycles. The molecular weight excluding hydrogens is 293 g/mol. The molecule has 1 aromatic carbocycles. The lowest BCUT2D eigenvalue weighted by atomic mass is 9.80. The van der Waals surface area contributed by atoms with E-state index in [9.17, 15) is 18.0 Å². The van der Waals surface area contributed by atoms with Crippen molar-refractivity contribution >= 4 is 5.91 Å². The minimum Gasteiger partial charge on any atom is -0.352 e. The van der Waals surface area contributed by atoms with Crippen LogP contribution in [-0.4, -0.2) is 25.0 Å². The Morgan fingerprint density at radius 2 is 1.95 bits per heavy atom. The summed E-state index contributed by atoms with van der Waals surface area (Å²) in [5.41, 5.74) is -0.151. The number of carbonyl (C=O) groups is 1. The van der Waals surface area contributed by atoms with Crippen molar-refractivity contribution in [1.82, 2.24) is 10.6 Å². The zero-order valence-electron chi connectivity index (χ0n) is 12.8. The van der Waals surface area contributed by atoms with Crippen molar-refractivity contribution < 1.29 is 18.0 Å². The zero-order chi connectivity index (χ0) is 16.4. The quantitative estimate of drug-likeness (QED) is 0.901. The van der Waals surface area contributed by atoms with Crippen LogP contribution in [0.4, 0.5) is 13.2 Å². The van der Waals surface area contributed by atoms with Crippen molar-refractivity contribution in [2.45, 2.75) is 38.9 Å². The average molecular weight is 314 g/mol. The van der Waals surface area contributed by atoms with Crippen LogP contribution in [0.5, 0.6) is 0 Å². The molecular formula is C16H21F3N2O. The summed E-state index contributed by atoms with van der Waals surface area (Å²) in [6, 6.07) is 4.82. The van der Waals surface area contributed by atoms with Crippen LogP contribution in [0, 0.1) is 5.41 Å². The van der Waals surface area contributed by atoms with Gasteiger partial charge in [-0.15, -0.1) is 0 Å². The molecule has 0 aliphatic carbocycles. The first-order valence-electron chi connectivity index (χ1n) is 7.35. The van der Waals surface area contributed by atoms with Crippen LogP contribution in [0.15, 0.2) is 24.3 Å². The van der Waals surface area contributed by atoms with Gasteiger partial charge in [-0.3, -0.25) is 4.79 Å². The molecule has 1 saturated heterocycles. The average Bonchev–Trinajstić information content (AvgIpc) is 2.40. The van der Waals surface area contributed by atoms with E-state index in [1.165, 1.54) is 12.1 Å². The summed E-state index contributed by atoms with van der Waals surface area (Å²) in [5.74, 6) is -0.153. The molecule has 2 rings (SSSR count). The van der Waals surface area contributed by atoms with Gasteiger partial charge in [0.1, 0.15) is 0 Å².